The largest absolute Gasteiger partial charge is 0.464 e. The molecular weight excluding hydrogens is 247 g/mol. The molecule has 0 aliphatic carbocycles. The van der Waals surface area contributed by atoms with E-state index in [0.29, 0.717) is 24.8 Å². The van der Waals surface area contributed by atoms with E-state index in [0.717, 1.165) is 0 Å². The summed E-state index contributed by atoms with van der Waals surface area (Å²) in [6.07, 6.45) is 1.92. The van der Waals surface area contributed by atoms with Crippen molar-refractivity contribution in [3.63, 3.8) is 0 Å². The predicted molar refractivity (Wildman–Crippen MR) is 71.4 cm³/mol. The third-order valence-electron chi connectivity index (χ3n) is 3.04. The maximum atomic E-state index is 12.1. The lowest BCUT2D eigenvalue weighted by atomic mass is 9.88. The highest BCUT2D eigenvalue weighted by Gasteiger charge is 2.38. The number of hydrogen-bond acceptors (Lipinski definition) is 3. The van der Waals surface area contributed by atoms with Crippen molar-refractivity contribution >= 4 is 5.97 Å². The number of carbonyl (C=O) groups excluding carboxylic acids is 1. The molecule has 0 bridgehead atoms. The van der Waals surface area contributed by atoms with Crippen molar-refractivity contribution in [1.82, 2.24) is 0 Å². The second-order valence-electron chi connectivity index (χ2n) is 4.45. The van der Waals surface area contributed by atoms with E-state index in [9.17, 15) is 14.3 Å². The molecule has 1 aromatic carbocycles. The second-order valence-corrected chi connectivity index (χ2v) is 4.45. The number of unbranched alkanes of at least 4 members (excludes halogenated alkanes) is 2. The highest BCUT2D eigenvalue weighted by Crippen LogP contribution is 2.29. The van der Waals surface area contributed by atoms with Crippen LogP contribution in [-0.4, -0.2) is 24.4 Å². The van der Waals surface area contributed by atoms with Crippen LogP contribution >= 0.6 is 0 Å². The summed E-state index contributed by atoms with van der Waals surface area (Å²) in [7, 11) is 0. The van der Waals surface area contributed by atoms with Gasteiger partial charge in [0.15, 0.2) is 5.60 Å². The number of esters is 1. The smallest absolute Gasteiger partial charge is 0.342 e. The first kappa shape index (κ1) is 15.6. The molecule has 0 spiro atoms. The van der Waals surface area contributed by atoms with Crippen molar-refractivity contribution in [2.24, 2.45) is 0 Å². The SMILES string of the molecule is CCOC(=O)[C@](O)(CCCCCF)c1ccccc1. The van der Waals surface area contributed by atoms with E-state index in [2.05, 4.69) is 0 Å². The van der Waals surface area contributed by atoms with Crippen molar-refractivity contribution in [3.05, 3.63) is 35.9 Å². The molecule has 0 aromatic heterocycles. The van der Waals surface area contributed by atoms with Gasteiger partial charge in [-0.1, -0.05) is 36.8 Å². The van der Waals surface area contributed by atoms with Gasteiger partial charge in [-0.2, -0.15) is 0 Å². The number of aliphatic hydroxyl groups is 1. The first-order valence-electron chi connectivity index (χ1n) is 6.66. The van der Waals surface area contributed by atoms with Gasteiger partial charge in [0.05, 0.1) is 13.3 Å². The average Bonchev–Trinajstić information content (AvgIpc) is 2.44. The zero-order valence-corrected chi connectivity index (χ0v) is 11.3. The van der Waals surface area contributed by atoms with Crippen LogP contribution in [0.5, 0.6) is 0 Å². The summed E-state index contributed by atoms with van der Waals surface area (Å²) >= 11 is 0. The maximum absolute atomic E-state index is 12.1. The van der Waals surface area contributed by atoms with E-state index in [4.69, 9.17) is 4.74 Å². The maximum Gasteiger partial charge on any atom is 0.342 e. The van der Waals surface area contributed by atoms with Gasteiger partial charge in [-0.15, -0.1) is 0 Å². The van der Waals surface area contributed by atoms with E-state index < -0.39 is 11.6 Å². The van der Waals surface area contributed by atoms with Crippen molar-refractivity contribution in [1.29, 1.82) is 0 Å². The van der Waals surface area contributed by atoms with Crippen molar-refractivity contribution in [3.8, 4) is 0 Å². The molecule has 1 N–H and O–H groups in total. The topological polar surface area (TPSA) is 46.5 Å². The Hall–Kier alpha value is -1.42. The molecule has 0 radical (unpaired) electrons. The fraction of sp³-hybridized carbons (Fsp3) is 0.533. The van der Waals surface area contributed by atoms with Crippen LogP contribution in [0.2, 0.25) is 0 Å². The van der Waals surface area contributed by atoms with Crippen LogP contribution in [0.25, 0.3) is 0 Å². The molecule has 19 heavy (non-hydrogen) atoms. The van der Waals surface area contributed by atoms with Crippen LogP contribution in [0.15, 0.2) is 30.3 Å². The van der Waals surface area contributed by atoms with Crippen molar-refractivity contribution in [2.75, 3.05) is 13.3 Å². The Balaban J connectivity index is 2.81. The lowest BCUT2D eigenvalue weighted by molar-refractivity contribution is -0.167. The minimum atomic E-state index is -1.63. The van der Waals surface area contributed by atoms with E-state index in [1.165, 1.54) is 0 Å². The van der Waals surface area contributed by atoms with Crippen molar-refractivity contribution in [2.45, 2.75) is 38.2 Å². The normalized spacial score (nSPS) is 13.8. The van der Waals surface area contributed by atoms with Gasteiger partial charge in [-0.25, -0.2) is 4.79 Å². The van der Waals surface area contributed by atoms with Gasteiger partial charge in [-0.05, 0) is 31.7 Å². The summed E-state index contributed by atoms with van der Waals surface area (Å²) < 4.78 is 17.0. The summed E-state index contributed by atoms with van der Waals surface area (Å²) in [5.74, 6) is -0.638. The van der Waals surface area contributed by atoms with Gasteiger partial charge in [0.2, 0.25) is 0 Å². The van der Waals surface area contributed by atoms with Gasteiger partial charge in [0, 0.05) is 0 Å². The van der Waals surface area contributed by atoms with E-state index in [1.54, 1.807) is 31.2 Å². The van der Waals surface area contributed by atoms with Crippen LogP contribution in [0.4, 0.5) is 4.39 Å². The molecule has 0 saturated heterocycles. The summed E-state index contributed by atoms with van der Waals surface area (Å²) in [4.78, 5) is 12.0. The monoisotopic (exact) mass is 268 g/mol. The third kappa shape index (κ3) is 4.31. The zero-order chi connectivity index (χ0) is 14.1. The molecule has 4 heteroatoms. The average molecular weight is 268 g/mol. The number of alkyl halides is 1. The number of carbonyl (C=O) groups is 1. The van der Waals surface area contributed by atoms with E-state index >= 15 is 0 Å². The Bertz CT molecular complexity index is 380. The van der Waals surface area contributed by atoms with Crippen LogP contribution in [-0.2, 0) is 15.1 Å². The Labute approximate surface area is 113 Å². The van der Waals surface area contributed by atoms with Crippen LogP contribution in [0, 0.1) is 0 Å². The minimum Gasteiger partial charge on any atom is -0.464 e. The molecule has 1 aromatic rings. The number of benzene rings is 1. The summed E-state index contributed by atoms with van der Waals surface area (Å²) in [6.45, 7) is 1.55. The van der Waals surface area contributed by atoms with Gasteiger partial charge in [0.1, 0.15) is 0 Å². The molecule has 0 aliphatic heterocycles. The summed E-state index contributed by atoms with van der Waals surface area (Å²) in [5.41, 5.74) is -1.11. The number of rotatable bonds is 8. The molecule has 0 unspecified atom stereocenters. The number of hydrogen-bond donors (Lipinski definition) is 1. The zero-order valence-electron chi connectivity index (χ0n) is 11.3. The van der Waals surface area contributed by atoms with Gasteiger partial charge >= 0.3 is 5.97 Å². The molecule has 0 saturated carbocycles. The fourth-order valence-corrected chi connectivity index (χ4v) is 1.98. The molecule has 0 amide bonds. The Morgan fingerprint density at radius 3 is 2.53 bits per heavy atom. The molecular formula is C15H21FO3. The number of ether oxygens (including phenoxy) is 1. The Morgan fingerprint density at radius 1 is 1.26 bits per heavy atom. The van der Waals surface area contributed by atoms with Crippen LogP contribution in [0.1, 0.15) is 38.2 Å². The first-order chi connectivity index (χ1) is 9.15. The highest BCUT2D eigenvalue weighted by atomic mass is 19.1. The van der Waals surface area contributed by atoms with E-state index in [1.807, 2.05) is 6.07 Å². The fourth-order valence-electron chi connectivity index (χ4n) is 1.98. The molecule has 0 heterocycles. The predicted octanol–water partition coefficient (Wildman–Crippen LogP) is 2.97. The van der Waals surface area contributed by atoms with Gasteiger partial charge < -0.3 is 9.84 Å². The molecule has 1 rings (SSSR count). The lowest BCUT2D eigenvalue weighted by Gasteiger charge is -2.26. The Kier molecular flexibility index (Phi) is 6.50. The van der Waals surface area contributed by atoms with E-state index in [-0.39, 0.29) is 19.7 Å². The standard InChI is InChI=1S/C15H21FO3/c1-2-19-14(17)15(18,11-7-4-8-12-16)13-9-5-3-6-10-13/h3,5-6,9-10,18H,2,4,7-8,11-12H2,1H3/t15-/m0/s1. The summed E-state index contributed by atoms with van der Waals surface area (Å²) in [6, 6.07) is 8.75. The van der Waals surface area contributed by atoms with Crippen molar-refractivity contribution < 1.29 is 19.0 Å². The van der Waals surface area contributed by atoms with Crippen LogP contribution < -0.4 is 0 Å². The van der Waals surface area contributed by atoms with Crippen LogP contribution in [0.3, 0.4) is 0 Å². The molecule has 106 valence electrons. The Morgan fingerprint density at radius 2 is 1.95 bits per heavy atom. The number of halogens is 1. The first-order valence-corrected chi connectivity index (χ1v) is 6.66. The third-order valence-corrected chi connectivity index (χ3v) is 3.04. The lowest BCUT2D eigenvalue weighted by Crippen LogP contribution is -2.37. The molecule has 0 fully saturated rings. The quantitative estimate of drug-likeness (QED) is 0.582. The molecule has 0 aliphatic rings. The minimum absolute atomic E-state index is 0.221. The second kappa shape index (κ2) is 7.89. The summed E-state index contributed by atoms with van der Waals surface area (Å²) in [5, 5.41) is 10.6. The molecule has 1 atom stereocenters. The van der Waals surface area contributed by atoms with Gasteiger partial charge in [0.25, 0.3) is 0 Å². The van der Waals surface area contributed by atoms with Gasteiger partial charge in [-0.3, -0.25) is 4.39 Å². The molecule has 3 nitrogen and oxygen atoms in total. The highest BCUT2D eigenvalue weighted by molar-refractivity contribution is 5.81.